The van der Waals surface area contributed by atoms with Gasteiger partial charge in [0.1, 0.15) is 11.6 Å². The molecule has 184 valence electrons. The Kier molecular flexibility index (Phi) is 5.71. The second-order valence-electron chi connectivity index (χ2n) is 10.6. The fraction of sp³-hybridized carbons (Fsp3) is 0.400. The molecule has 2 atom stereocenters. The van der Waals surface area contributed by atoms with E-state index in [9.17, 15) is 0 Å². The lowest BCUT2D eigenvalue weighted by atomic mass is 9.90. The standard InChI is InChI=1S/C30H34N6/c1-2-6-24-28(36-30(34-24)26-8-4-16-32-26)23-14-13-21(17-22(23)5-1)19-9-11-20(12-10-19)27-18-33-29(35-27)25-7-3-15-31-25/h9-14,17-18,25-26,31-32H,1-8,15-16H2,(H,33,35)(H,34,36)/t25-,26?/m0/s1. The fourth-order valence-electron chi connectivity index (χ4n) is 6.17. The molecule has 4 heterocycles. The summed E-state index contributed by atoms with van der Waals surface area (Å²) in [5.74, 6) is 2.17. The SMILES string of the molecule is c1cc(-c2cnc([C@@H]3CCCN3)[nH]2)ccc1-c1ccc2c(c1)CCCCc1[nH]c(C3CCCN3)nc1-2. The molecule has 2 aliphatic heterocycles. The topological polar surface area (TPSA) is 81.4 Å². The van der Waals surface area contributed by atoms with Crippen molar-refractivity contribution in [1.82, 2.24) is 30.6 Å². The molecule has 2 fully saturated rings. The van der Waals surface area contributed by atoms with Crippen LogP contribution in [0.3, 0.4) is 0 Å². The molecule has 0 bridgehead atoms. The third kappa shape index (κ3) is 4.08. The molecule has 0 saturated carbocycles. The number of aromatic nitrogens is 4. The summed E-state index contributed by atoms with van der Waals surface area (Å²) in [6.45, 7) is 2.17. The van der Waals surface area contributed by atoms with Crippen molar-refractivity contribution in [3.05, 3.63) is 71.6 Å². The van der Waals surface area contributed by atoms with Gasteiger partial charge in [-0.3, -0.25) is 0 Å². The number of hydrogen-bond donors (Lipinski definition) is 4. The Balaban J connectivity index is 1.16. The van der Waals surface area contributed by atoms with Gasteiger partial charge in [0, 0.05) is 11.3 Å². The zero-order valence-corrected chi connectivity index (χ0v) is 20.7. The molecule has 2 aromatic carbocycles. The largest absolute Gasteiger partial charge is 0.344 e. The molecule has 2 aromatic heterocycles. The van der Waals surface area contributed by atoms with E-state index in [1.165, 1.54) is 71.3 Å². The number of benzene rings is 2. The Morgan fingerprint density at radius 1 is 0.694 bits per heavy atom. The lowest BCUT2D eigenvalue weighted by Gasteiger charge is -2.15. The third-order valence-corrected chi connectivity index (χ3v) is 8.19. The van der Waals surface area contributed by atoms with Gasteiger partial charge in [-0.05, 0) is 86.7 Å². The van der Waals surface area contributed by atoms with Crippen LogP contribution in [0.15, 0.2) is 48.7 Å². The molecular formula is C30H34N6. The number of H-pyrrole nitrogens is 2. The first kappa shape index (κ1) is 22.0. The smallest absolute Gasteiger partial charge is 0.124 e. The Labute approximate surface area is 212 Å². The van der Waals surface area contributed by atoms with Crippen molar-refractivity contribution in [3.63, 3.8) is 0 Å². The van der Waals surface area contributed by atoms with Crippen molar-refractivity contribution >= 4 is 0 Å². The summed E-state index contributed by atoms with van der Waals surface area (Å²) < 4.78 is 0. The van der Waals surface area contributed by atoms with Gasteiger partial charge in [0.05, 0.1) is 29.7 Å². The Hall–Kier alpha value is -3.22. The van der Waals surface area contributed by atoms with E-state index in [-0.39, 0.29) is 0 Å². The highest BCUT2D eigenvalue weighted by molar-refractivity contribution is 5.75. The lowest BCUT2D eigenvalue weighted by Crippen LogP contribution is -2.14. The van der Waals surface area contributed by atoms with E-state index in [1.54, 1.807) is 0 Å². The first-order chi connectivity index (χ1) is 17.8. The Bertz CT molecular complexity index is 1350. The van der Waals surface area contributed by atoms with Gasteiger partial charge >= 0.3 is 0 Å². The molecular weight excluding hydrogens is 444 g/mol. The van der Waals surface area contributed by atoms with Crippen molar-refractivity contribution in [1.29, 1.82) is 0 Å². The normalized spacial score (nSPS) is 21.7. The molecule has 2 saturated heterocycles. The minimum absolute atomic E-state index is 0.363. The number of aromatic amines is 2. The summed E-state index contributed by atoms with van der Waals surface area (Å²) in [5.41, 5.74) is 9.98. The van der Waals surface area contributed by atoms with Crippen LogP contribution in [0.5, 0.6) is 0 Å². The highest BCUT2D eigenvalue weighted by Gasteiger charge is 2.24. The van der Waals surface area contributed by atoms with E-state index in [0.29, 0.717) is 12.1 Å². The number of rotatable bonds is 4. The minimum Gasteiger partial charge on any atom is -0.344 e. The lowest BCUT2D eigenvalue weighted by molar-refractivity contribution is 0.610. The summed E-state index contributed by atoms with van der Waals surface area (Å²) in [6.07, 6.45) is 11.3. The number of hydrogen-bond acceptors (Lipinski definition) is 4. The van der Waals surface area contributed by atoms with E-state index in [2.05, 4.69) is 68.1 Å². The van der Waals surface area contributed by atoms with Crippen LogP contribution in [0.2, 0.25) is 0 Å². The van der Waals surface area contributed by atoms with Gasteiger partial charge in [0.25, 0.3) is 0 Å². The van der Waals surface area contributed by atoms with E-state index in [1.807, 2.05) is 6.20 Å². The van der Waals surface area contributed by atoms with Gasteiger partial charge < -0.3 is 20.6 Å². The van der Waals surface area contributed by atoms with Crippen LogP contribution in [0.25, 0.3) is 33.6 Å². The molecule has 36 heavy (non-hydrogen) atoms. The molecule has 7 rings (SSSR count). The summed E-state index contributed by atoms with van der Waals surface area (Å²) >= 11 is 0. The number of aryl methyl sites for hydroxylation is 2. The maximum Gasteiger partial charge on any atom is 0.124 e. The predicted octanol–water partition coefficient (Wildman–Crippen LogP) is 5.86. The van der Waals surface area contributed by atoms with Crippen LogP contribution >= 0.6 is 0 Å². The van der Waals surface area contributed by atoms with Crippen LogP contribution in [-0.4, -0.2) is 33.0 Å². The monoisotopic (exact) mass is 478 g/mol. The quantitative estimate of drug-likeness (QED) is 0.296. The molecule has 4 aromatic rings. The van der Waals surface area contributed by atoms with E-state index < -0.39 is 0 Å². The zero-order valence-electron chi connectivity index (χ0n) is 20.7. The predicted molar refractivity (Wildman–Crippen MR) is 144 cm³/mol. The van der Waals surface area contributed by atoms with Crippen LogP contribution < -0.4 is 10.6 Å². The summed E-state index contributed by atoms with van der Waals surface area (Å²) in [6, 6.07) is 16.6. The zero-order chi connectivity index (χ0) is 23.9. The summed E-state index contributed by atoms with van der Waals surface area (Å²) in [7, 11) is 0. The summed E-state index contributed by atoms with van der Waals surface area (Å²) in [5, 5.41) is 7.12. The second kappa shape index (κ2) is 9.34. The highest BCUT2D eigenvalue weighted by Crippen LogP contribution is 2.35. The third-order valence-electron chi connectivity index (χ3n) is 8.19. The molecule has 0 spiro atoms. The van der Waals surface area contributed by atoms with Crippen molar-refractivity contribution < 1.29 is 0 Å². The van der Waals surface area contributed by atoms with Gasteiger partial charge in [0.15, 0.2) is 0 Å². The van der Waals surface area contributed by atoms with Crippen molar-refractivity contribution in [2.75, 3.05) is 13.1 Å². The molecule has 4 N–H and O–H groups in total. The van der Waals surface area contributed by atoms with Crippen molar-refractivity contribution in [2.24, 2.45) is 0 Å². The van der Waals surface area contributed by atoms with Gasteiger partial charge in [-0.2, -0.15) is 0 Å². The van der Waals surface area contributed by atoms with E-state index >= 15 is 0 Å². The average Bonchev–Trinajstić information content (AvgIpc) is 3.72. The average molecular weight is 479 g/mol. The molecule has 0 radical (unpaired) electrons. The van der Waals surface area contributed by atoms with Gasteiger partial charge in [-0.25, -0.2) is 9.97 Å². The van der Waals surface area contributed by atoms with Gasteiger partial charge in [0.2, 0.25) is 0 Å². The second-order valence-corrected chi connectivity index (χ2v) is 10.6. The maximum atomic E-state index is 5.12. The molecule has 0 amide bonds. The van der Waals surface area contributed by atoms with E-state index in [0.717, 1.165) is 49.7 Å². The summed E-state index contributed by atoms with van der Waals surface area (Å²) in [4.78, 5) is 17.0. The molecule has 6 nitrogen and oxygen atoms in total. The van der Waals surface area contributed by atoms with Crippen LogP contribution in [-0.2, 0) is 12.8 Å². The maximum absolute atomic E-state index is 5.12. The molecule has 6 heteroatoms. The first-order valence-electron chi connectivity index (χ1n) is 13.7. The van der Waals surface area contributed by atoms with Crippen molar-refractivity contribution in [3.8, 4) is 33.6 Å². The number of nitrogens with zero attached hydrogens (tertiary/aromatic N) is 2. The number of nitrogens with one attached hydrogen (secondary N) is 4. The molecule has 1 unspecified atom stereocenters. The minimum atomic E-state index is 0.363. The van der Waals surface area contributed by atoms with Crippen molar-refractivity contribution in [2.45, 2.75) is 63.5 Å². The van der Waals surface area contributed by atoms with Crippen LogP contribution in [0, 0.1) is 0 Å². The van der Waals surface area contributed by atoms with Gasteiger partial charge in [-0.1, -0.05) is 42.5 Å². The molecule has 1 aliphatic carbocycles. The van der Waals surface area contributed by atoms with E-state index in [4.69, 9.17) is 4.98 Å². The van der Waals surface area contributed by atoms with Crippen LogP contribution in [0.1, 0.15) is 73.5 Å². The fourth-order valence-corrected chi connectivity index (χ4v) is 6.17. The Morgan fingerprint density at radius 2 is 1.42 bits per heavy atom. The molecule has 3 aliphatic rings. The first-order valence-corrected chi connectivity index (χ1v) is 13.7. The van der Waals surface area contributed by atoms with Gasteiger partial charge in [-0.15, -0.1) is 0 Å². The van der Waals surface area contributed by atoms with Crippen LogP contribution in [0.4, 0.5) is 0 Å². The highest BCUT2D eigenvalue weighted by atomic mass is 15.1. The number of fused-ring (bicyclic) bond motifs is 3. The Morgan fingerprint density at radius 3 is 2.19 bits per heavy atom. The number of imidazole rings is 2.